The van der Waals surface area contributed by atoms with E-state index in [0.29, 0.717) is 6.54 Å². The summed E-state index contributed by atoms with van der Waals surface area (Å²) in [5.74, 6) is 0.0153. The highest BCUT2D eigenvalue weighted by Crippen LogP contribution is 2.07. The molecule has 124 valence electrons. The molecule has 4 nitrogen and oxygen atoms in total. The van der Waals surface area contributed by atoms with Gasteiger partial charge in [0.1, 0.15) is 0 Å². The number of likely N-dealkylation sites (N-methyl/N-ethyl adjacent to an activating group) is 1. The van der Waals surface area contributed by atoms with Gasteiger partial charge in [-0.05, 0) is 43.9 Å². The van der Waals surface area contributed by atoms with E-state index in [0.717, 1.165) is 44.8 Å². The lowest BCUT2D eigenvalue weighted by molar-refractivity contribution is 0.0949. The molecule has 0 saturated heterocycles. The lowest BCUT2D eigenvalue weighted by Crippen LogP contribution is -2.34. The summed E-state index contributed by atoms with van der Waals surface area (Å²) in [4.78, 5) is 16.8. The van der Waals surface area contributed by atoms with Crippen molar-refractivity contribution in [2.24, 2.45) is 0 Å². The molecule has 0 aliphatic carbocycles. The van der Waals surface area contributed by atoms with Gasteiger partial charge < -0.3 is 10.2 Å². The van der Waals surface area contributed by atoms with Gasteiger partial charge in [0.05, 0.1) is 0 Å². The third-order valence-corrected chi connectivity index (χ3v) is 4.12. The highest BCUT2D eigenvalue weighted by atomic mass is 16.1. The topological polar surface area (TPSA) is 35.6 Å². The molecule has 1 N–H and O–H groups in total. The number of nitrogens with zero attached hydrogens (tertiary/aromatic N) is 2. The largest absolute Gasteiger partial charge is 0.351 e. The van der Waals surface area contributed by atoms with Gasteiger partial charge in [0, 0.05) is 25.2 Å². The van der Waals surface area contributed by atoms with Crippen LogP contribution in [0.25, 0.3) is 0 Å². The third kappa shape index (κ3) is 6.16. The number of amides is 1. The number of hydrogen-bond acceptors (Lipinski definition) is 3. The highest BCUT2D eigenvalue weighted by molar-refractivity contribution is 5.94. The summed E-state index contributed by atoms with van der Waals surface area (Å²) in [6, 6.07) is 7.95. The van der Waals surface area contributed by atoms with E-state index < -0.39 is 0 Å². The zero-order valence-corrected chi connectivity index (χ0v) is 14.6. The number of hydrogen-bond donors (Lipinski definition) is 1. The van der Waals surface area contributed by atoms with Gasteiger partial charge in [-0.3, -0.25) is 9.69 Å². The van der Waals surface area contributed by atoms with Gasteiger partial charge in [-0.1, -0.05) is 39.8 Å². The summed E-state index contributed by atoms with van der Waals surface area (Å²) < 4.78 is 0. The molecule has 1 aromatic carbocycles. The lowest BCUT2D eigenvalue weighted by Gasteiger charge is -2.18. The Morgan fingerprint density at radius 2 is 1.45 bits per heavy atom. The average Bonchev–Trinajstić information content (AvgIpc) is 2.57. The molecule has 4 heteroatoms. The second-order valence-corrected chi connectivity index (χ2v) is 5.44. The minimum absolute atomic E-state index is 0.0153. The Hall–Kier alpha value is -1.39. The number of carbonyl (C=O) groups is 1. The van der Waals surface area contributed by atoms with E-state index in [1.165, 1.54) is 5.56 Å². The monoisotopic (exact) mass is 305 g/mol. The van der Waals surface area contributed by atoms with Gasteiger partial charge in [0.15, 0.2) is 0 Å². The van der Waals surface area contributed by atoms with Crippen LogP contribution in [0.15, 0.2) is 24.3 Å². The quantitative estimate of drug-likeness (QED) is 0.722. The zero-order valence-electron chi connectivity index (χ0n) is 14.6. The predicted octanol–water partition coefficient (Wildman–Crippen LogP) is 2.60. The Labute approximate surface area is 135 Å². The van der Waals surface area contributed by atoms with Crippen LogP contribution >= 0.6 is 0 Å². The minimum Gasteiger partial charge on any atom is -0.351 e. The van der Waals surface area contributed by atoms with Crippen LogP contribution < -0.4 is 5.32 Å². The molecule has 0 aliphatic heterocycles. The third-order valence-electron chi connectivity index (χ3n) is 4.12. The Morgan fingerprint density at radius 3 is 1.95 bits per heavy atom. The normalized spacial score (nSPS) is 11.2. The first-order chi connectivity index (χ1) is 10.6. The summed E-state index contributed by atoms with van der Waals surface area (Å²) in [6.07, 6.45) is 0. The fourth-order valence-corrected chi connectivity index (χ4v) is 2.44. The van der Waals surface area contributed by atoms with Crippen LogP contribution in [0, 0.1) is 0 Å². The number of nitrogens with one attached hydrogen (secondary N) is 1. The van der Waals surface area contributed by atoms with Crippen molar-refractivity contribution in [3.8, 4) is 0 Å². The summed E-state index contributed by atoms with van der Waals surface area (Å²) in [5.41, 5.74) is 1.99. The molecule has 1 rings (SSSR count). The molecule has 0 aromatic heterocycles. The van der Waals surface area contributed by atoms with Crippen LogP contribution in [0.4, 0.5) is 0 Å². The molecule has 1 amide bonds. The fraction of sp³-hybridized carbons (Fsp3) is 0.611. The smallest absolute Gasteiger partial charge is 0.251 e. The molecule has 0 bridgehead atoms. The predicted molar refractivity (Wildman–Crippen MR) is 93.2 cm³/mol. The highest BCUT2D eigenvalue weighted by Gasteiger charge is 2.07. The Balaban J connectivity index is 2.46. The second kappa shape index (κ2) is 10.4. The van der Waals surface area contributed by atoms with Crippen molar-refractivity contribution < 1.29 is 4.79 Å². The van der Waals surface area contributed by atoms with Crippen LogP contribution in [-0.2, 0) is 6.54 Å². The van der Waals surface area contributed by atoms with Crippen LogP contribution in [-0.4, -0.2) is 55.0 Å². The molecule has 1 aromatic rings. The van der Waals surface area contributed by atoms with Crippen LogP contribution in [0.3, 0.4) is 0 Å². The van der Waals surface area contributed by atoms with Crippen molar-refractivity contribution in [1.82, 2.24) is 15.1 Å². The van der Waals surface area contributed by atoms with E-state index in [2.05, 4.69) is 54.9 Å². The molecule has 0 spiro atoms. The van der Waals surface area contributed by atoms with E-state index >= 15 is 0 Å². The SMILES string of the molecule is CCN(CC)CCNC(=O)c1ccc(CN(CC)CC)cc1. The van der Waals surface area contributed by atoms with Crippen molar-refractivity contribution in [2.45, 2.75) is 34.2 Å². The van der Waals surface area contributed by atoms with Crippen molar-refractivity contribution >= 4 is 5.91 Å². The molecular formula is C18H31N3O. The van der Waals surface area contributed by atoms with E-state index in [1.54, 1.807) is 0 Å². The average molecular weight is 305 g/mol. The van der Waals surface area contributed by atoms with Crippen molar-refractivity contribution in [3.05, 3.63) is 35.4 Å². The van der Waals surface area contributed by atoms with Crippen molar-refractivity contribution in [3.63, 3.8) is 0 Å². The first-order valence-electron chi connectivity index (χ1n) is 8.46. The lowest BCUT2D eigenvalue weighted by atomic mass is 10.1. The fourth-order valence-electron chi connectivity index (χ4n) is 2.44. The first-order valence-corrected chi connectivity index (χ1v) is 8.46. The van der Waals surface area contributed by atoms with E-state index in [4.69, 9.17) is 0 Å². The van der Waals surface area contributed by atoms with E-state index in [9.17, 15) is 4.79 Å². The summed E-state index contributed by atoms with van der Waals surface area (Å²) >= 11 is 0. The molecule has 0 atom stereocenters. The molecule has 22 heavy (non-hydrogen) atoms. The number of rotatable bonds is 10. The summed E-state index contributed by atoms with van der Waals surface area (Å²) in [5, 5.41) is 2.99. The maximum Gasteiger partial charge on any atom is 0.251 e. The molecule has 0 saturated carbocycles. The Bertz CT molecular complexity index is 422. The molecule has 0 unspecified atom stereocenters. The van der Waals surface area contributed by atoms with Crippen molar-refractivity contribution in [1.29, 1.82) is 0 Å². The van der Waals surface area contributed by atoms with Gasteiger partial charge in [-0.2, -0.15) is 0 Å². The van der Waals surface area contributed by atoms with E-state index in [-0.39, 0.29) is 5.91 Å². The Kier molecular flexibility index (Phi) is 8.78. The standard InChI is InChI=1S/C18H31N3O/c1-5-20(6-2)14-13-19-18(22)17-11-9-16(10-12-17)15-21(7-3)8-4/h9-12H,5-8,13-15H2,1-4H3,(H,19,22). The second-order valence-electron chi connectivity index (χ2n) is 5.44. The maximum atomic E-state index is 12.1. The molecular weight excluding hydrogens is 274 g/mol. The Morgan fingerprint density at radius 1 is 0.909 bits per heavy atom. The maximum absolute atomic E-state index is 12.1. The van der Waals surface area contributed by atoms with Gasteiger partial charge in [-0.15, -0.1) is 0 Å². The number of carbonyl (C=O) groups excluding carboxylic acids is 1. The van der Waals surface area contributed by atoms with Crippen LogP contribution in [0.5, 0.6) is 0 Å². The van der Waals surface area contributed by atoms with Gasteiger partial charge >= 0.3 is 0 Å². The van der Waals surface area contributed by atoms with Crippen molar-refractivity contribution in [2.75, 3.05) is 39.3 Å². The molecule has 0 fully saturated rings. The van der Waals surface area contributed by atoms with Gasteiger partial charge in [-0.25, -0.2) is 0 Å². The summed E-state index contributed by atoms with van der Waals surface area (Å²) in [7, 11) is 0. The molecule has 0 aliphatic rings. The van der Waals surface area contributed by atoms with Gasteiger partial charge in [0.25, 0.3) is 5.91 Å². The van der Waals surface area contributed by atoms with Gasteiger partial charge in [0.2, 0.25) is 0 Å². The van der Waals surface area contributed by atoms with Crippen LogP contribution in [0.1, 0.15) is 43.6 Å². The summed E-state index contributed by atoms with van der Waals surface area (Å²) in [6.45, 7) is 15.3. The zero-order chi connectivity index (χ0) is 16.4. The first kappa shape index (κ1) is 18.7. The minimum atomic E-state index is 0.0153. The molecule has 0 radical (unpaired) electrons. The molecule has 0 heterocycles. The van der Waals surface area contributed by atoms with E-state index in [1.807, 2.05) is 12.1 Å². The van der Waals surface area contributed by atoms with Crippen LogP contribution in [0.2, 0.25) is 0 Å². The number of benzene rings is 1.